The van der Waals surface area contributed by atoms with Crippen LogP contribution in [0.1, 0.15) is 21.5 Å². The zero-order chi connectivity index (χ0) is 13.7. The van der Waals surface area contributed by atoms with Crippen LogP contribution in [0.2, 0.25) is 0 Å². The van der Waals surface area contributed by atoms with E-state index in [1.54, 1.807) is 18.2 Å². The van der Waals surface area contributed by atoms with Gasteiger partial charge < -0.3 is 9.84 Å². The lowest BCUT2D eigenvalue weighted by molar-refractivity contribution is 0.0696. The SMILES string of the molecule is Cc1ccc(CCOc2cccc(C(=O)O)c2)cc1. The minimum atomic E-state index is -0.941. The summed E-state index contributed by atoms with van der Waals surface area (Å²) in [4.78, 5) is 10.8. The largest absolute Gasteiger partial charge is 0.493 e. The molecule has 0 aliphatic carbocycles. The van der Waals surface area contributed by atoms with E-state index in [9.17, 15) is 4.79 Å². The first-order valence-corrected chi connectivity index (χ1v) is 6.17. The molecule has 0 radical (unpaired) electrons. The van der Waals surface area contributed by atoms with Crippen molar-refractivity contribution in [3.63, 3.8) is 0 Å². The molecule has 0 aliphatic rings. The van der Waals surface area contributed by atoms with E-state index in [4.69, 9.17) is 9.84 Å². The van der Waals surface area contributed by atoms with Gasteiger partial charge in [-0.15, -0.1) is 0 Å². The van der Waals surface area contributed by atoms with Crippen molar-refractivity contribution in [3.8, 4) is 5.75 Å². The van der Waals surface area contributed by atoms with E-state index in [1.807, 2.05) is 0 Å². The minimum Gasteiger partial charge on any atom is -0.493 e. The van der Waals surface area contributed by atoms with Gasteiger partial charge in [-0.1, -0.05) is 35.9 Å². The maximum Gasteiger partial charge on any atom is 0.335 e. The number of benzene rings is 2. The lowest BCUT2D eigenvalue weighted by atomic mass is 10.1. The van der Waals surface area contributed by atoms with Gasteiger partial charge in [0, 0.05) is 6.42 Å². The van der Waals surface area contributed by atoms with Crippen LogP contribution in [0, 0.1) is 6.92 Å². The molecule has 2 aromatic carbocycles. The lowest BCUT2D eigenvalue weighted by Crippen LogP contribution is -2.03. The van der Waals surface area contributed by atoms with Crippen LogP contribution in [-0.4, -0.2) is 17.7 Å². The molecule has 1 N–H and O–H groups in total. The minimum absolute atomic E-state index is 0.243. The number of carboxylic acid groups (broad SMARTS) is 1. The average molecular weight is 256 g/mol. The summed E-state index contributed by atoms with van der Waals surface area (Å²) in [6.45, 7) is 2.59. The number of ether oxygens (including phenoxy) is 1. The van der Waals surface area contributed by atoms with Crippen LogP contribution >= 0.6 is 0 Å². The molecule has 0 atom stereocenters. The molecule has 0 bridgehead atoms. The summed E-state index contributed by atoms with van der Waals surface area (Å²) in [5.41, 5.74) is 2.69. The summed E-state index contributed by atoms with van der Waals surface area (Å²) in [6, 6.07) is 14.8. The molecule has 0 aromatic heterocycles. The first-order valence-electron chi connectivity index (χ1n) is 6.17. The Labute approximate surface area is 112 Å². The first kappa shape index (κ1) is 13.1. The molecule has 3 heteroatoms. The van der Waals surface area contributed by atoms with E-state index >= 15 is 0 Å². The molecule has 0 saturated carbocycles. The van der Waals surface area contributed by atoms with E-state index in [0.29, 0.717) is 12.4 Å². The van der Waals surface area contributed by atoms with Gasteiger partial charge in [-0.2, -0.15) is 0 Å². The summed E-state index contributed by atoms with van der Waals surface area (Å²) in [7, 11) is 0. The zero-order valence-electron chi connectivity index (χ0n) is 10.8. The molecular weight excluding hydrogens is 240 g/mol. The zero-order valence-corrected chi connectivity index (χ0v) is 10.8. The highest BCUT2D eigenvalue weighted by molar-refractivity contribution is 5.87. The topological polar surface area (TPSA) is 46.5 Å². The molecule has 0 aliphatic heterocycles. The number of aryl methyl sites for hydroxylation is 1. The highest BCUT2D eigenvalue weighted by atomic mass is 16.5. The van der Waals surface area contributed by atoms with Gasteiger partial charge in [-0.3, -0.25) is 0 Å². The van der Waals surface area contributed by atoms with E-state index in [1.165, 1.54) is 17.2 Å². The van der Waals surface area contributed by atoms with Crippen LogP contribution in [-0.2, 0) is 6.42 Å². The smallest absolute Gasteiger partial charge is 0.335 e. The second-order valence-corrected chi connectivity index (χ2v) is 4.42. The molecule has 2 rings (SSSR count). The van der Waals surface area contributed by atoms with Crippen molar-refractivity contribution in [2.45, 2.75) is 13.3 Å². The number of hydrogen-bond acceptors (Lipinski definition) is 2. The van der Waals surface area contributed by atoms with Crippen molar-refractivity contribution in [1.29, 1.82) is 0 Å². The molecule has 19 heavy (non-hydrogen) atoms. The molecule has 0 saturated heterocycles. The molecule has 0 spiro atoms. The van der Waals surface area contributed by atoms with Gasteiger partial charge in [-0.05, 0) is 30.7 Å². The fourth-order valence-corrected chi connectivity index (χ4v) is 1.76. The summed E-state index contributed by atoms with van der Waals surface area (Å²) < 4.78 is 5.57. The van der Waals surface area contributed by atoms with Crippen LogP contribution in [0.5, 0.6) is 5.75 Å². The molecule has 3 nitrogen and oxygen atoms in total. The maximum atomic E-state index is 10.8. The van der Waals surface area contributed by atoms with Crippen LogP contribution in [0.4, 0.5) is 0 Å². The van der Waals surface area contributed by atoms with Crippen molar-refractivity contribution >= 4 is 5.97 Å². The van der Waals surface area contributed by atoms with Gasteiger partial charge in [0.05, 0.1) is 12.2 Å². The lowest BCUT2D eigenvalue weighted by Gasteiger charge is -2.07. The Morgan fingerprint density at radius 1 is 1.16 bits per heavy atom. The fraction of sp³-hybridized carbons (Fsp3) is 0.188. The van der Waals surface area contributed by atoms with Crippen molar-refractivity contribution in [2.75, 3.05) is 6.61 Å². The number of rotatable bonds is 5. The summed E-state index contributed by atoms with van der Waals surface area (Å²) in [5, 5.41) is 8.88. The van der Waals surface area contributed by atoms with Gasteiger partial charge in [0.1, 0.15) is 5.75 Å². The van der Waals surface area contributed by atoms with Gasteiger partial charge in [0.15, 0.2) is 0 Å². The average Bonchev–Trinajstić information content (AvgIpc) is 2.41. The highest BCUT2D eigenvalue weighted by Gasteiger charge is 2.03. The third-order valence-corrected chi connectivity index (χ3v) is 2.86. The molecule has 0 unspecified atom stereocenters. The summed E-state index contributed by atoms with van der Waals surface area (Å²) >= 11 is 0. The van der Waals surface area contributed by atoms with E-state index in [2.05, 4.69) is 31.2 Å². The Bertz CT molecular complexity index is 558. The van der Waals surface area contributed by atoms with Crippen LogP contribution in [0.3, 0.4) is 0 Å². The molecular formula is C16H16O3. The first-order chi connectivity index (χ1) is 9.15. The Morgan fingerprint density at radius 3 is 2.58 bits per heavy atom. The third kappa shape index (κ3) is 3.85. The Hall–Kier alpha value is -2.29. The van der Waals surface area contributed by atoms with Gasteiger partial charge >= 0.3 is 5.97 Å². The highest BCUT2D eigenvalue weighted by Crippen LogP contribution is 2.14. The fourth-order valence-electron chi connectivity index (χ4n) is 1.76. The quantitative estimate of drug-likeness (QED) is 0.892. The molecule has 2 aromatic rings. The standard InChI is InChI=1S/C16H16O3/c1-12-5-7-13(8-6-12)9-10-19-15-4-2-3-14(11-15)16(17)18/h2-8,11H,9-10H2,1H3,(H,17,18). The predicted octanol–water partition coefficient (Wildman–Crippen LogP) is 3.31. The van der Waals surface area contributed by atoms with Gasteiger partial charge in [-0.25, -0.2) is 4.79 Å². The number of carbonyl (C=O) groups is 1. The predicted molar refractivity (Wildman–Crippen MR) is 73.8 cm³/mol. The number of aromatic carboxylic acids is 1. The Balaban J connectivity index is 1.90. The van der Waals surface area contributed by atoms with Gasteiger partial charge in [0.25, 0.3) is 0 Å². The Kier molecular flexibility index (Phi) is 4.18. The van der Waals surface area contributed by atoms with Crippen molar-refractivity contribution in [1.82, 2.24) is 0 Å². The summed E-state index contributed by atoms with van der Waals surface area (Å²) in [5.74, 6) is -0.351. The second kappa shape index (κ2) is 6.05. The molecule has 0 heterocycles. The maximum absolute atomic E-state index is 10.8. The normalized spacial score (nSPS) is 10.2. The van der Waals surface area contributed by atoms with E-state index in [-0.39, 0.29) is 5.56 Å². The van der Waals surface area contributed by atoms with Crippen molar-refractivity contribution in [2.24, 2.45) is 0 Å². The number of carboxylic acids is 1. The molecule has 0 fully saturated rings. The van der Waals surface area contributed by atoms with Gasteiger partial charge in [0.2, 0.25) is 0 Å². The Morgan fingerprint density at radius 2 is 1.89 bits per heavy atom. The molecule has 98 valence electrons. The van der Waals surface area contributed by atoms with E-state index < -0.39 is 5.97 Å². The van der Waals surface area contributed by atoms with Crippen LogP contribution in [0.15, 0.2) is 48.5 Å². The molecule has 0 amide bonds. The monoisotopic (exact) mass is 256 g/mol. The summed E-state index contributed by atoms with van der Waals surface area (Å²) in [6.07, 6.45) is 0.803. The second-order valence-electron chi connectivity index (χ2n) is 4.42. The third-order valence-electron chi connectivity index (χ3n) is 2.86. The van der Waals surface area contributed by atoms with Crippen molar-refractivity contribution < 1.29 is 14.6 Å². The van der Waals surface area contributed by atoms with Crippen LogP contribution < -0.4 is 4.74 Å². The van der Waals surface area contributed by atoms with Crippen LogP contribution in [0.25, 0.3) is 0 Å². The van der Waals surface area contributed by atoms with Crippen molar-refractivity contribution in [3.05, 3.63) is 65.2 Å². The van der Waals surface area contributed by atoms with E-state index in [0.717, 1.165) is 6.42 Å². The number of hydrogen-bond donors (Lipinski definition) is 1.